The molecular weight excluding hydrogens is 202 g/mol. The Bertz CT molecular complexity index is 210. The van der Waals surface area contributed by atoms with E-state index < -0.39 is 17.9 Å². The van der Waals surface area contributed by atoms with Crippen molar-refractivity contribution >= 4 is 11.8 Å². The van der Waals surface area contributed by atoms with Gasteiger partial charge in [0.15, 0.2) is 0 Å². The van der Waals surface area contributed by atoms with Crippen LogP contribution in [0.4, 0.5) is 0 Å². The quantitative estimate of drug-likeness (QED) is 0.275. The molecule has 0 unspecified atom stereocenters. The number of amides is 2. The fourth-order valence-electron chi connectivity index (χ4n) is 0.944. The van der Waals surface area contributed by atoms with Crippen molar-refractivity contribution in [3.05, 3.63) is 0 Å². The number of aliphatic hydroxyl groups excluding tert-OH is 1. The van der Waals surface area contributed by atoms with Gasteiger partial charge in [0.1, 0.15) is 0 Å². The lowest BCUT2D eigenvalue weighted by Gasteiger charge is -2.15. The van der Waals surface area contributed by atoms with Gasteiger partial charge in [0.2, 0.25) is 5.91 Å². The van der Waals surface area contributed by atoms with Crippen LogP contribution < -0.4 is 16.5 Å². The molecule has 0 fully saturated rings. The third kappa shape index (κ3) is 6.83. The molecule has 0 radical (unpaired) electrons. The molecule has 0 aromatic carbocycles. The number of carbonyl (C=O) groups excluding carboxylic acids is 2. The van der Waals surface area contributed by atoms with Crippen molar-refractivity contribution in [2.45, 2.75) is 19.4 Å². The van der Waals surface area contributed by atoms with E-state index in [2.05, 4.69) is 15.6 Å². The molecule has 7 nitrogen and oxygen atoms in total. The summed E-state index contributed by atoms with van der Waals surface area (Å²) in [6.45, 7) is 2.14. The van der Waals surface area contributed by atoms with E-state index in [0.717, 1.165) is 0 Å². The summed E-state index contributed by atoms with van der Waals surface area (Å²) < 4.78 is 0. The molecule has 7 heteroatoms. The van der Waals surface area contributed by atoms with Gasteiger partial charge in [-0.1, -0.05) is 6.92 Å². The maximum absolute atomic E-state index is 11.4. The first-order valence-corrected chi connectivity index (χ1v) is 4.66. The first-order valence-electron chi connectivity index (χ1n) is 4.66. The second-order valence-corrected chi connectivity index (χ2v) is 2.82. The topological polar surface area (TPSA) is 114 Å². The highest BCUT2D eigenvalue weighted by Crippen LogP contribution is 1.91. The van der Waals surface area contributed by atoms with Crippen molar-refractivity contribution in [3.63, 3.8) is 0 Å². The second-order valence-electron chi connectivity index (χ2n) is 2.82. The van der Waals surface area contributed by atoms with Gasteiger partial charge in [-0.25, -0.2) is 5.48 Å². The van der Waals surface area contributed by atoms with Crippen LogP contribution in [0.1, 0.15) is 13.3 Å². The van der Waals surface area contributed by atoms with Crippen molar-refractivity contribution in [1.29, 1.82) is 0 Å². The minimum atomic E-state index is -0.703. The molecule has 0 aromatic heterocycles. The lowest BCUT2D eigenvalue weighted by atomic mass is 10.2. The van der Waals surface area contributed by atoms with Gasteiger partial charge in [0.05, 0.1) is 25.7 Å². The van der Waals surface area contributed by atoms with Crippen LogP contribution in [-0.4, -0.2) is 42.7 Å². The maximum atomic E-state index is 11.4. The molecule has 0 spiro atoms. The van der Waals surface area contributed by atoms with E-state index in [1.165, 1.54) is 0 Å². The van der Waals surface area contributed by atoms with E-state index in [4.69, 9.17) is 10.8 Å². The molecule has 88 valence electrons. The molecule has 0 saturated carbocycles. The van der Waals surface area contributed by atoms with Gasteiger partial charge in [0.25, 0.3) is 5.91 Å². The number of likely N-dealkylation sites (N-methyl/N-ethyl adjacent to an activating group) is 1. The van der Waals surface area contributed by atoms with Gasteiger partial charge in [-0.3, -0.25) is 14.4 Å². The number of rotatable bonds is 8. The first-order chi connectivity index (χ1) is 7.11. The SMILES string of the molecule is CCN[C@@H](CC(N)=O)C(=O)NOCCO. The summed E-state index contributed by atoms with van der Waals surface area (Å²) in [5.41, 5.74) is 7.08. The predicted octanol–water partition coefficient (Wildman–Crippen LogP) is -2.12. The Morgan fingerprint density at radius 1 is 1.53 bits per heavy atom. The number of primary amides is 1. The fraction of sp³-hybridized carbons (Fsp3) is 0.750. The minimum Gasteiger partial charge on any atom is -0.394 e. The van der Waals surface area contributed by atoms with Crippen LogP contribution in [0.15, 0.2) is 0 Å². The first kappa shape index (κ1) is 13.8. The Kier molecular flexibility index (Phi) is 7.51. The van der Waals surface area contributed by atoms with Gasteiger partial charge in [-0.2, -0.15) is 0 Å². The smallest absolute Gasteiger partial charge is 0.261 e. The zero-order chi connectivity index (χ0) is 11.7. The van der Waals surface area contributed by atoms with Gasteiger partial charge in [-0.15, -0.1) is 0 Å². The van der Waals surface area contributed by atoms with Gasteiger partial charge >= 0.3 is 0 Å². The highest BCUT2D eigenvalue weighted by atomic mass is 16.7. The van der Waals surface area contributed by atoms with Gasteiger partial charge in [0, 0.05) is 0 Å². The van der Waals surface area contributed by atoms with Crippen LogP contribution in [0.3, 0.4) is 0 Å². The summed E-state index contributed by atoms with van der Waals surface area (Å²) in [5, 5.41) is 11.2. The van der Waals surface area contributed by atoms with E-state index in [9.17, 15) is 9.59 Å². The van der Waals surface area contributed by atoms with Crippen molar-refractivity contribution in [1.82, 2.24) is 10.8 Å². The van der Waals surface area contributed by atoms with Gasteiger partial charge in [-0.05, 0) is 6.54 Å². The predicted molar refractivity (Wildman–Crippen MR) is 52.5 cm³/mol. The fourth-order valence-corrected chi connectivity index (χ4v) is 0.944. The summed E-state index contributed by atoms with van der Waals surface area (Å²) in [6.07, 6.45) is -0.0951. The average Bonchev–Trinajstić information content (AvgIpc) is 2.17. The number of carbonyl (C=O) groups is 2. The molecule has 5 N–H and O–H groups in total. The summed E-state index contributed by atoms with van der Waals surface area (Å²) >= 11 is 0. The molecule has 1 atom stereocenters. The number of hydroxylamine groups is 1. The van der Waals surface area contributed by atoms with E-state index >= 15 is 0 Å². The molecule has 15 heavy (non-hydrogen) atoms. The molecule has 0 aliphatic carbocycles. The average molecular weight is 219 g/mol. The zero-order valence-corrected chi connectivity index (χ0v) is 8.66. The number of hydrogen-bond acceptors (Lipinski definition) is 5. The van der Waals surface area contributed by atoms with Crippen LogP contribution in [0.5, 0.6) is 0 Å². The third-order valence-corrected chi connectivity index (χ3v) is 1.54. The Hall–Kier alpha value is -1.18. The van der Waals surface area contributed by atoms with E-state index in [0.29, 0.717) is 6.54 Å². The van der Waals surface area contributed by atoms with Crippen molar-refractivity contribution in [2.75, 3.05) is 19.8 Å². The van der Waals surface area contributed by atoms with Crippen molar-refractivity contribution in [2.24, 2.45) is 5.73 Å². The monoisotopic (exact) mass is 219 g/mol. The Morgan fingerprint density at radius 3 is 2.67 bits per heavy atom. The summed E-state index contributed by atoms with van der Waals surface area (Å²) in [7, 11) is 0. The molecule has 0 aliphatic heterocycles. The normalized spacial score (nSPS) is 12.1. The Labute approximate surface area is 87.9 Å². The molecule has 0 aliphatic rings. The Balaban J connectivity index is 3.98. The Morgan fingerprint density at radius 2 is 2.20 bits per heavy atom. The van der Waals surface area contributed by atoms with E-state index in [1.54, 1.807) is 6.92 Å². The van der Waals surface area contributed by atoms with Crippen LogP contribution in [0, 0.1) is 0 Å². The molecule has 0 rings (SSSR count). The minimum absolute atomic E-state index is 0.00115. The van der Waals surface area contributed by atoms with Crippen LogP contribution in [0.25, 0.3) is 0 Å². The maximum Gasteiger partial charge on any atom is 0.261 e. The molecule has 0 saturated heterocycles. The number of aliphatic hydroxyl groups is 1. The number of nitrogens with two attached hydrogens (primary N) is 1. The van der Waals surface area contributed by atoms with E-state index in [-0.39, 0.29) is 19.6 Å². The zero-order valence-electron chi connectivity index (χ0n) is 8.66. The van der Waals surface area contributed by atoms with Crippen LogP contribution in [-0.2, 0) is 14.4 Å². The number of nitrogens with one attached hydrogen (secondary N) is 2. The second kappa shape index (κ2) is 8.16. The van der Waals surface area contributed by atoms with Crippen LogP contribution >= 0.6 is 0 Å². The summed E-state index contributed by atoms with van der Waals surface area (Å²) in [5.74, 6) is -1.05. The highest BCUT2D eigenvalue weighted by Gasteiger charge is 2.19. The molecule has 2 amide bonds. The lowest BCUT2D eigenvalue weighted by molar-refractivity contribution is -0.138. The van der Waals surface area contributed by atoms with E-state index in [1.807, 2.05) is 0 Å². The summed E-state index contributed by atoms with van der Waals surface area (Å²) in [4.78, 5) is 26.6. The van der Waals surface area contributed by atoms with Gasteiger partial charge < -0.3 is 16.2 Å². The molecule has 0 aromatic rings. The standard InChI is InChI=1S/C8H17N3O4/c1-2-10-6(5-7(9)13)8(14)11-15-4-3-12/h6,10,12H,2-5H2,1H3,(H2,9,13)(H,11,14)/t6-/m0/s1. The van der Waals surface area contributed by atoms with Crippen molar-refractivity contribution < 1.29 is 19.5 Å². The summed E-state index contributed by atoms with van der Waals surface area (Å²) in [6, 6.07) is -0.703. The van der Waals surface area contributed by atoms with Crippen molar-refractivity contribution in [3.8, 4) is 0 Å². The highest BCUT2D eigenvalue weighted by molar-refractivity contribution is 5.87. The largest absolute Gasteiger partial charge is 0.394 e. The molecular formula is C8H17N3O4. The lowest BCUT2D eigenvalue weighted by Crippen LogP contribution is -2.46. The third-order valence-electron chi connectivity index (χ3n) is 1.54. The van der Waals surface area contributed by atoms with Crippen LogP contribution in [0.2, 0.25) is 0 Å². The molecule has 0 bridgehead atoms. The molecule has 0 heterocycles. The number of hydrogen-bond donors (Lipinski definition) is 4.